The summed E-state index contributed by atoms with van der Waals surface area (Å²) >= 11 is 0. The van der Waals surface area contributed by atoms with E-state index in [2.05, 4.69) is 27.7 Å². The summed E-state index contributed by atoms with van der Waals surface area (Å²) in [6.07, 6.45) is 5.13. The summed E-state index contributed by atoms with van der Waals surface area (Å²) in [5, 5.41) is 0. The van der Waals surface area contributed by atoms with Gasteiger partial charge in [-0.1, -0.05) is 40.5 Å². The summed E-state index contributed by atoms with van der Waals surface area (Å²) in [7, 11) is 0. The van der Waals surface area contributed by atoms with E-state index in [0.717, 1.165) is 25.0 Å². The van der Waals surface area contributed by atoms with Crippen LogP contribution in [0.2, 0.25) is 0 Å². The molecule has 0 aromatic heterocycles. The van der Waals surface area contributed by atoms with Gasteiger partial charge in [-0.3, -0.25) is 0 Å². The molecular formula is C12H26LiO. The molecule has 2 unspecified atom stereocenters. The van der Waals surface area contributed by atoms with Gasteiger partial charge in [-0.05, 0) is 24.7 Å². The van der Waals surface area contributed by atoms with Crippen LogP contribution in [-0.4, -0.2) is 32.1 Å². The molecule has 0 spiro atoms. The molecule has 0 amide bonds. The van der Waals surface area contributed by atoms with Crippen molar-refractivity contribution in [3.63, 3.8) is 0 Å². The van der Waals surface area contributed by atoms with Crippen molar-refractivity contribution < 1.29 is 4.74 Å². The molecule has 0 aromatic carbocycles. The maximum Gasteiger partial charge on any atom is 0.0491 e. The van der Waals surface area contributed by atoms with Crippen molar-refractivity contribution in [3.8, 4) is 0 Å². The molecule has 0 aliphatic rings. The maximum atomic E-state index is 5.66. The average molecular weight is 193 g/mol. The Hall–Kier alpha value is 0.557. The van der Waals surface area contributed by atoms with Crippen molar-refractivity contribution in [3.05, 3.63) is 0 Å². The maximum absolute atomic E-state index is 5.66. The van der Waals surface area contributed by atoms with Crippen molar-refractivity contribution in [2.24, 2.45) is 11.8 Å². The molecule has 1 radical (unpaired) electrons. The Morgan fingerprint density at radius 1 is 0.857 bits per heavy atom. The standard InChI is InChI=1S/C12H26O.Li/c1-5-7-11(3)9-13-10-12(4)8-6-2;/h11-12H,5-10H2,1-4H3;. The molecule has 0 aromatic rings. The van der Waals surface area contributed by atoms with Crippen molar-refractivity contribution in [1.29, 1.82) is 0 Å². The van der Waals surface area contributed by atoms with E-state index in [0.29, 0.717) is 0 Å². The van der Waals surface area contributed by atoms with Gasteiger partial charge >= 0.3 is 0 Å². The topological polar surface area (TPSA) is 9.23 Å². The summed E-state index contributed by atoms with van der Waals surface area (Å²) in [4.78, 5) is 0. The summed E-state index contributed by atoms with van der Waals surface area (Å²) in [5.41, 5.74) is 0. The van der Waals surface area contributed by atoms with Crippen LogP contribution in [0.15, 0.2) is 0 Å². The Labute approximate surface area is 102 Å². The fourth-order valence-electron chi connectivity index (χ4n) is 1.62. The molecule has 0 aliphatic heterocycles. The van der Waals surface area contributed by atoms with Crippen molar-refractivity contribution in [2.75, 3.05) is 13.2 Å². The molecule has 0 fully saturated rings. The van der Waals surface area contributed by atoms with Crippen LogP contribution in [0.4, 0.5) is 0 Å². The minimum Gasteiger partial charge on any atom is -0.381 e. The van der Waals surface area contributed by atoms with Gasteiger partial charge in [-0.25, -0.2) is 0 Å². The summed E-state index contributed by atoms with van der Waals surface area (Å²) in [6, 6.07) is 0. The third-order valence-corrected chi connectivity index (χ3v) is 2.37. The zero-order valence-corrected chi connectivity index (χ0v) is 10.8. The third-order valence-electron chi connectivity index (χ3n) is 2.37. The van der Waals surface area contributed by atoms with E-state index in [4.69, 9.17) is 4.74 Å². The monoisotopic (exact) mass is 193 g/mol. The van der Waals surface area contributed by atoms with Crippen molar-refractivity contribution in [1.82, 2.24) is 0 Å². The van der Waals surface area contributed by atoms with Gasteiger partial charge in [-0.2, -0.15) is 0 Å². The van der Waals surface area contributed by atoms with Crippen LogP contribution in [0.3, 0.4) is 0 Å². The zero-order chi connectivity index (χ0) is 10.1. The van der Waals surface area contributed by atoms with E-state index in [1.807, 2.05) is 0 Å². The quantitative estimate of drug-likeness (QED) is 0.536. The Morgan fingerprint density at radius 3 is 1.50 bits per heavy atom. The molecule has 2 heteroatoms. The van der Waals surface area contributed by atoms with Gasteiger partial charge in [0.15, 0.2) is 0 Å². The number of rotatable bonds is 8. The molecule has 0 saturated carbocycles. The Morgan fingerprint density at radius 2 is 1.21 bits per heavy atom. The average Bonchev–Trinajstić information content (AvgIpc) is 2.05. The van der Waals surface area contributed by atoms with Gasteiger partial charge in [0.1, 0.15) is 0 Å². The van der Waals surface area contributed by atoms with E-state index in [9.17, 15) is 0 Å². The number of ether oxygens (including phenoxy) is 1. The van der Waals surface area contributed by atoms with Crippen molar-refractivity contribution in [2.45, 2.75) is 53.4 Å². The third kappa shape index (κ3) is 10.6. The van der Waals surface area contributed by atoms with Crippen LogP contribution < -0.4 is 0 Å². The first-order valence-corrected chi connectivity index (χ1v) is 5.78. The minimum absolute atomic E-state index is 0. The number of hydrogen-bond donors (Lipinski definition) is 0. The molecule has 1 nitrogen and oxygen atoms in total. The summed E-state index contributed by atoms with van der Waals surface area (Å²) in [6.45, 7) is 10.9. The second-order valence-electron chi connectivity index (χ2n) is 4.33. The summed E-state index contributed by atoms with van der Waals surface area (Å²) in [5.74, 6) is 1.47. The largest absolute Gasteiger partial charge is 0.381 e. The van der Waals surface area contributed by atoms with Gasteiger partial charge in [0.2, 0.25) is 0 Å². The molecule has 14 heavy (non-hydrogen) atoms. The van der Waals surface area contributed by atoms with Crippen LogP contribution in [0.25, 0.3) is 0 Å². The molecule has 0 rings (SSSR count). The smallest absolute Gasteiger partial charge is 0.0491 e. The van der Waals surface area contributed by atoms with Gasteiger partial charge in [0, 0.05) is 32.1 Å². The Bertz CT molecular complexity index is 94.5. The predicted octanol–water partition coefficient (Wildman–Crippen LogP) is 3.49. The van der Waals surface area contributed by atoms with Gasteiger partial charge in [0.25, 0.3) is 0 Å². The van der Waals surface area contributed by atoms with Crippen LogP contribution in [0, 0.1) is 11.8 Å². The van der Waals surface area contributed by atoms with Crippen LogP contribution in [0.1, 0.15) is 53.4 Å². The molecule has 2 atom stereocenters. The van der Waals surface area contributed by atoms with Crippen molar-refractivity contribution >= 4 is 18.9 Å². The van der Waals surface area contributed by atoms with Crippen LogP contribution in [0.5, 0.6) is 0 Å². The first-order chi connectivity index (χ1) is 6.20. The molecule has 0 saturated heterocycles. The second kappa shape index (κ2) is 11.6. The molecule has 0 aliphatic carbocycles. The fraction of sp³-hybridized carbons (Fsp3) is 1.00. The number of hydrogen-bond acceptors (Lipinski definition) is 1. The van der Waals surface area contributed by atoms with Gasteiger partial charge in [-0.15, -0.1) is 0 Å². The molecule has 0 heterocycles. The Balaban J connectivity index is 0. The molecule has 81 valence electrons. The van der Waals surface area contributed by atoms with E-state index < -0.39 is 0 Å². The normalized spacial score (nSPS) is 14.6. The van der Waals surface area contributed by atoms with E-state index in [-0.39, 0.29) is 18.9 Å². The van der Waals surface area contributed by atoms with Crippen LogP contribution in [-0.2, 0) is 4.74 Å². The fourth-order valence-corrected chi connectivity index (χ4v) is 1.62. The minimum atomic E-state index is 0. The Kier molecular flexibility index (Phi) is 14.1. The molecule has 0 N–H and O–H groups in total. The van der Waals surface area contributed by atoms with E-state index in [1.165, 1.54) is 25.7 Å². The van der Waals surface area contributed by atoms with Gasteiger partial charge in [0.05, 0.1) is 0 Å². The molecule has 0 bridgehead atoms. The van der Waals surface area contributed by atoms with Gasteiger partial charge < -0.3 is 4.74 Å². The second-order valence-corrected chi connectivity index (χ2v) is 4.33. The van der Waals surface area contributed by atoms with E-state index >= 15 is 0 Å². The SMILES string of the molecule is CCCC(C)COCC(C)CCC.[Li]. The predicted molar refractivity (Wildman–Crippen MR) is 64.7 cm³/mol. The summed E-state index contributed by atoms with van der Waals surface area (Å²) < 4.78 is 5.66. The van der Waals surface area contributed by atoms with E-state index in [1.54, 1.807) is 0 Å². The zero-order valence-electron chi connectivity index (χ0n) is 10.8. The van der Waals surface area contributed by atoms with Crippen LogP contribution >= 0.6 is 0 Å². The molecular weight excluding hydrogens is 167 g/mol. The first kappa shape index (κ1) is 17.0. The first-order valence-electron chi connectivity index (χ1n) is 5.78.